The van der Waals surface area contributed by atoms with Crippen LogP contribution in [-0.4, -0.2) is 25.1 Å². The van der Waals surface area contributed by atoms with Gasteiger partial charge in [-0.15, -0.1) is 0 Å². The van der Waals surface area contributed by atoms with Gasteiger partial charge in [-0.25, -0.2) is 0 Å². The summed E-state index contributed by atoms with van der Waals surface area (Å²) in [6.07, 6.45) is 0.506. The van der Waals surface area contributed by atoms with Crippen LogP contribution in [0.4, 0.5) is 0 Å². The number of carbonyl (C=O) groups excluding carboxylic acids is 1. The van der Waals surface area contributed by atoms with Crippen molar-refractivity contribution in [2.45, 2.75) is 46.4 Å². The quantitative estimate of drug-likeness (QED) is 0.728. The first kappa shape index (κ1) is 16.7. The number of nitrogens with one attached hydrogen (secondary N) is 2. The molecule has 20 heavy (non-hydrogen) atoms. The summed E-state index contributed by atoms with van der Waals surface area (Å²) in [4.78, 5) is 11.7. The zero-order valence-corrected chi connectivity index (χ0v) is 12.7. The van der Waals surface area contributed by atoms with Crippen molar-refractivity contribution >= 4 is 5.91 Å². The van der Waals surface area contributed by atoms with Gasteiger partial charge in [0, 0.05) is 32.2 Å². The molecule has 0 saturated carbocycles. The van der Waals surface area contributed by atoms with Gasteiger partial charge in [-0.2, -0.15) is 0 Å². The smallest absolute Gasteiger partial charge is 0.221 e. The maximum Gasteiger partial charge on any atom is 0.221 e. The lowest BCUT2D eigenvalue weighted by molar-refractivity contribution is -0.121. The van der Waals surface area contributed by atoms with Crippen LogP contribution in [0.1, 0.15) is 38.3 Å². The van der Waals surface area contributed by atoms with E-state index in [-0.39, 0.29) is 5.91 Å². The van der Waals surface area contributed by atoms with Crippen molar-refractivity contribution < 1.29 is 9.53 Å². The SMILES string of the molecule is CCOCc1ccccc1CNC(=O)CCNC(C)C. The Balaban J connectivity index is 2.38. The molecule has 1 amide bonds. The number of hydrogen-bond donors (Lipinski definition) is 2. The average molecular weight is 278 g/mol. The fourth-order valence-corrected chi connectivity index (χ4v) is 1.84. The van der Waals surface area contributed by atoms with E-state index in [0.29, 0.717) is 38.8 Å². The summed E-state index contributed by atoms with van der Waals surface area (Å²) in [6.45, 7) is 8.68. The molecule has 0 heterocycles. The topological polar surface area (TPSA) is 50.4 Å². The van der Waals surface area contributed by atoms with Crippen LogP contribution in [0.2, 0.25) is 0 Å². The van der Waals surface area contributed by atoms with Crippen LogP contribution in [0, 0.1) is 0 Å². The first-order chi connectivity index (χ1) is 9.63. The number of hydrogen-bond acceptors (Lipinski definition) is 3. The molecule has 0 unspecified atom stereocenters. The fraction of sp³-hybridized carbons (Fsp3) is 0.562. The van der Waals surface area contributed by atoms with E-state index in [1.54, 1.807) is 0 Å². The molecule has 1 rings (SSSR count). The number of rotatable bonds is 9. The van der Waals surface area contributed by atoms with Crippen molar-refractivity contribution in [2.24, 2.45) is 0 Å². The average Bonchev–Trinajstić information content (AvgIpc) is 2.43. The van der Waals surface area contributed by atoms with Crippen molar-refractivity contribution in [3.63, 3.8) is 0 Å². The summed E-state index contributed by atoms with van der Waals surface area (Å²) >= 11 is 0. The standard InChI is InChI=1S/C16H26N2O2/c1-4-20-12-15-8-6-5-7-14(15)11-18-16(19)9-10-17-13(2)3/h5-8,13,17H,4,9-12H2,1-3H3,(H,18,19). The van der Waals surface area contributed by atoms with Gasteiger partial charge in [0.1, 0.15) is 0 Å². The molecule has 0 aliphatic carbocycles. The van der Waals surface area contributed by atoms with Gasteiger partial charge >= 0.3 is 0 Å². The molecule has 0 radical (unpaired) electrons. The fourth-order valence-electron chi connectivity index (χ4n) is 1.84. The maximum atomic E-state index is 11.7. The third kappa shape index (κ3) is 6.68. The number of carbonyl (C=O) groups is 1. The zero-order chi connectivity index (χ0) is 14.8. The third-order valence-corrected chi connectivity index (χ3v) is 2.96. The van der Waals surface area contributed by atoms with E-state index in [1.165, 1.54) is 0 Å². The first-order valence-electron chi connectivity index (χ1n) is 7.28. The molecule has 0 bridgehead atoms. The minimum Gasteiger partial charge on any atom is -0.377 e. The largest absolute Gasteiger partial charge is 0.377 e. The Kier molecular flexibility index (Phi) is 7.92. The minimum atomic E-state index is 0.0735. The second kappa shape index (κ2) is 9.50. The summed E-state index contributed by atoms with van der Waals surface area (Å²) in [5.74, 6) is 0.0735. The highest BCUT2D eigenvalue weighted by Crippen LogP contribution is 2.10. The molecule has 0 fully saturated rings. The molecule has 0 atom stereocenters. The molecule has 0 aliphatic heterocycles. The second-order valence-electron chi connectivity index (χ2n) is 5.04. The number of amides is 1. The van der Waals surface area contributed by atoms with Gasteiger partial charge in [0.15, 0.2) is 0 Å². The van der Waals surface area contributed by atoms with E-state index in [2.05, 4.69) is 24.5 Å². The van der Waals surface area contributed by atoms with Crippen molar-refractivity contribution in [1.82, 2.24) is 10.6 Å². The summed E-state index contributed by atoms with van der Waals surface area (Å²) in [5.41, 5.74) is 2.25. The van der Waals surface area contributed by atoms with Gasteiger partial charge in [-0.05, 0) is 18.1 Å². The Hall–Kier alpha value is -1.39. The van der Waals surface area contributed by atoms with Crippen LogP contribution in [0.25, 0.3) is 0 Å². The molecule has 112 valence electrons. The first-order valence-corrected chi connectivity index (χ1v) is 7.28. The number of ether oxygens (including phenoxy) is 1. The van der Waals surface area contributed by atoms with Gasteiger partial charge < -0.3 is 15.4 Å². The van der Waals surface area contributed by atoms with Gasteiger partial charge in [-0.1, -0.05) is 38.1 Å². The van der Waals surface area contributed by atoms with Crippen molar-refractivity contribution in [3.05, 3.63) is 35.4 Å². The minimum absolute atomic E-state index is 0.0735. The van der Waals surface area contributed by atoms with Gasteiger partial charge in [0.2, 0.25) is 5.91 Å². The van der Waals surface area contributed by atoms with Crippen LogP contribution in [0.3, 0.4) is 0 Å². The molecule has 0 aromatic heterocycles. The Labute approximate surface area is 121 Å². The highest BCUT2D eigenvalue weighted by atomic mass is 16.5. The molecular weight excluding hydrogens is 252 g/mol. The van der Waals surface area contributed by atoms with E-state index in [0.717, 1.165) is 11.1 Å². The molecule has 1 aromatic carbocycles. The summed E-state index contributed by atoms with van der Waals surface area (Å²) in [6, 6.07) is 8.46. The van der Waals surface area contributed by atoms with E-state index in [4.69, 9.17) is 4.74 Å². The van der Waals surface area contributed by atoms with E-state index >= 15 is 0 Å². The normalized spacial score (nSPS) is 10.8. The second-order valence-corrected chi connectivity index (χ2v) is 5.04. The summed E-state index contributed by atoms with van der Waals surface area (Å²) in [7, 11) is 0. The van der Waals surface area contributed by atoms with Crippen LogP contribution in [0.5, 0.6) is 0 Å². The van der Waals surface area contributed by atoms with Crippen LogP contribution < -0.4 is 10.6 Å². The maximum absolute atomic E-state index is 11.7. The Morgan fingerprint density at radius 1 is 1.25 bits per heavy atom. The lowest BCUT2D eigenvalue weighted by atomic mass is 10.1. The summed E-state index contributed by atoms with van der Waals surface area (Å²) < 4.78 is 5.44. The van der Waals surface area contributed by atoms with Gasteiger partial charge in [0.05, 0.1) is 6.61 Å². The zero-order valence-electron chi connectivity index (χ0n) is 12.7. The van der Waals surface area contributed by atoms with E-state index in [1.807, 2.05) is 31.2 Å². The highest BCUT2D eigenvalue weighted by Gasteiger charge is 2.05. The Bertz CT molecular complexity index is 405. The van der Waals surface area contributed by atoms with Crippen molar-refractivity contribution in [1.29, 1.82) is 0 Å². The lowest BCUT2D eigenvalue weighted by Gasteiger charge is -2.11. The van der Waals surface area contributed by atoms with Gasteiger partial charge in [0.25, 0.3) is 0 Å². The molecular formula is C16H26N2O2. The monoisotopic (exact) mass is 278 g/mol. The van der Waals surface area contributed by atoms with Crippen LogP contribution in [0.15, 0.2) is 24.3 Å². The molecule has 0 saturated heterocycles. The van der Waals surface area contributed by atoms with Gasteiger partial charge in [-0.3, -0.25) is 4.79 Å². The third-order valence-electron chi connectivity index (χ3n) is 2.96. The molecule has 0 aliphatic rings. The number of benzene rings is 1. The Morgan fingerprint density at radius 2 is 1.95 bits per heavy atom. The highest BCUT2D eigenvalue weighted by molar-refractivity contribution is 5.76. The molecule has 4 heteroatoms. The van der Waals surface area contributed by atoms with Crippen molar-refractivity contribution in [2.75, 3.05) is 13.2 Å². The molecule has 2 N–H and O–H groups in total. The van der Waals surface area contributed by atoms with Crippen LogP contribution >= 0.6 is 0 Å². The van der Waals surface area contributed by atoms with Crippen molar-refractivity contribution in [3.8, 4) is 0 Å². The van der Waals surface area contributed by atoms with Crippen LogP contribution in [-0.2, 0) is 22.7 Å². The molecule has 4 nitrogen and oxygen atoms in total. The lowest BCUT2D eigenvalue weighted by Crippen LogP contribution is -2.30. The summed E-state index contributed by atoms with van der Waals surface area (Å²) in [5, 5.41) is 6.19. The van der Waals surface area contributed by atoms with E-state index < -0.39 is 0 Å². The predicted octanol–water partition coefficient (Wildman–Crippen LogP) is 2.23. The molecule has 0 spiro atoms. The Morgan fingerprint density at radius 3 is 2.60 bits per heavy atom. The predicted molar refractivity (Wildman–Crippen MR) is 81.4 cm³/mol. The molecule has 1 aromatic rings. The van der Waals surface area contributed by atoms with E-state index in [9.17, 15) is 4.79 Å².